The summed E-state index contributed by atoms with van der Waals surface area (Å²) in [7, 11) is 0. The van der Waals surface area contributed by atoms with Crippen LogP contribution in [0.15, 0.2) is 28.7 Å². The van der Waals surface area contributed by atoms with Gasteiger partial charge in [0.1, 0.15) is 17.4 Å². The Kier molecular flexibility index (Phi) is 5.84. The Hall–Kier alpha value is -2.99. The summed E-state index contributed by atoms with van der Waals surface area (Å²) >= 11 is 0. The summed E-state index contributed by atoms with van der Waals surface area (Å²) in [6.07, 6.45) is -4.37. The van der Waals surface area contributed by atoms with Crippen LogP contribution in [0, 0.1) is 25.2 Å². The van der Waals surface area contributed by atoms with Gasteiger partial charge in [0.2, 0.25) is 11.8 Å². The number of alkyl halides is 3. The monoisotopic (exact) mass is 406 g/mol. The number of benzene rings is 1. The van der Waals surface area contributed by atoms with Crippen molar-refractivity contribution < 1.29 is 22.4 Å². The van der Waals surface area contributed by atoms with Crippen LogP contribution in [-0.2, 0) is 11.0 Å². The number of furan rings is 1. The van der Waals surface area contributed by atoms with Crippen LogP contribution in [0.4, 0.5) is 24.7 Å². The second-order valence-electron chi connectivity index (χ2n) is 6.96. The van der Waals surface area contributed by atoms with E-state index in [2.05, 4.69) is 5.32 Å². The summed E-state index contributed by atoms with van der Waals surface area (Å²) in [6, 6.07) is 7.28. The predicted octanol–water partition coefficient (Wildman–Crippen LogP) is 3.55. The van der Waals surface area contributed by atoms with Crippen molar-refractivity contribution in [1.29, 1.82) is 5.26 Å². The van der Waals surface area contributed by atoms with Gasteiger partial charge < -0.3 is 9.32 Å². The summed E-state index contributed by atoms with van der Waals surface area (Å²) in [6.45, 7) is 5.67. The van der Waals surface area contributed by atoms with Crippen molar-refractivity contribution in [2.75, 3.05) is 42.9 Å². The van der Waals surface area contributed by atoms with Crippen LogP contribution in [0.5, 0.6) is 0 Å². The first kappa shape index (κ1) is 20.7. The maximum atomic E-state index is 12.9. The highest BCUT2D eigenvalue weighted by Gasteiger charge is 2.31. The number of aryl methyl sites for hydroxylation is 1. The van der Waals surface area contributed by atoms with E-state index in [1.165, 1.54) is 6.07 Å². The van der Waals surface area contributed by atoms with Crippen molar-refractivity contribution in [3.8, 4) is 6.07 Å². The van der Waals surface area contributed by atoms with Gasteiger partial charge in [-0.2, -0.15) is 18.4 Å². The number of hydrogen-bond donors (Lipinski definition) is 1. The SMILES string of the molecule is Cc1oc(NC(=O)CN2CCN(c3cccc(C(F)(F)F)c3)CC2)c(C#N)c1C. The number of piperazine rings is 1. The molecule has 6 nitrogen and oxygen atoms in total. The highest BCUT2D eigenvalue weighted by atomic mass is 19.4. The van der Waals surface area contributed by atoms with Crippen molar-refractivity contribution in [3.05, 3.63) is 46.7 Å². The topological polar surface area (TPSA) is 72.5 Å². The van der Waals surface area contributed by atoms with Gasteiger partial charge in [-0.05, 0) is 32.0 Å². The van der Waals surface area contributed by atoms with Crippen molar-refractivity contribution in [2.24, 2.45) is 0 Å². The van der Waals surface area contributed by atoms with Crippen LogP contribution < -0.4 is 10.2 Å². The molecule has 154 valence electrons. The Morgan fingerprint density at radius 1 is 1.24 bits per heavy atom. The van der Waals surface area contributed by atoms with E-state index in [1.54, 1.807) is 19.9 Å². The third-order valence-corrected chi connectivity index (χ3v) is 5.03. The zero-order valence-corrected chi connectivity index (χ0v) is 16.1. The molecule has 1 amide bonds. The van der Waals surface area contributed by atoms with Gasteiger partial charge in [-0.25, -0.2) is 0 Å². The van der Waals surface area contributed by atoms with E-state index in [1.807, 2.05) is 15.9 Å². The van der Waals surface area contributed by atoms with Gasteiger partial charge in [0.05, 0.1) is 12.1 Å². The van der Waals surface area contributed by atoms with Gasteiger partial charge in [0.25, 0.3) is 0 Å². The molecule has 1 N–H and O–H groups in total. The minimum absolute atomic E-state index is 0.111. The quantitative estimate of drug-likeness (QED) is 0.841. The summed E-state index contributed by atoms with van der Waals surface area (Å²) in [5, 5.41) is 11.8. The van der Waals surface area contributed by atoms with Crippen molar-refractivity contribution in [1.82, 2.24) is 4.90 Å². The summed E-state index contributed by atoms with van der Waals surface area (Å²) in [5.74, 6) is 0.421. The zero-order valence-electron chi connectivity index (χ0n) is 16.1. The molecule has 1 fully saturated rings. The number of nitrogens with one attached hydrogen (secondary N) is 1. The van der Waals surface area contributed by atoms with Gasteiger partial charge in [0, 0.05) is 37.4 Å². The van der Waals surface area contributed by atoms with Crippen LogP contribution >= 0.6 is 0 Å². The lowest BCUT2D eigenvalue weighted by Gasteiger charge is -2.35. The molecule has 0 bridgehead atoms. The molecule has 1 aromatic carbocycles. The first-order chi connectivity index (χ1) is 13.7. The lowest BCUT2D eigenvalue weighted by atomic mass is 10.1. The summed E-state index contributed by atoms with van der Waals surface area (Å²) in [4.78, 5) is 16.1. The molecule has 0 radical (unpaired) electrons. The zero-order chi connectivity index (χ0) is 21.2. The van der Waals surface area contributed by atoms with E-state index in [-0.39, 0.29) is 18.3 Å². The molecular weight excluding hydrogens is 385 g/mol. The molecule has 9 heteroatoms. The van der Waals surface area contributed by atoms with E-state index < -0.39 is 11.7 Å². The Bertz CT molecular complexity index is 938. The molecule has 2 aromatic rings. The van der Waals surface area contributed by atoms with E-state index in [9.17, 15) is 23.2 Å². The minimum atomic E-state index is -4.37. The molecule has 1 aliphatic rings. The van der Waals surface area contributed by atoms with Gasteiger partial charge in [0.15, 0.2) is 0 Å². The van der Waals surface area contributed by atoms with Gasteiger partial charge in [-0.3, -0.25) is 15.0 Å². The number of carbonyl (C=O) groups is 1. The van der Waals surface area contributed by atoms with Crippen LogP contribution in [0.2, 0.25) is 0 Å². The van der Waals surface area contributed by atoms with E-state index in [4.69, 9.17) is 4.42 Å². The van der Waals surface area contributed by atoms with Gasteiger partial charge in [-0.15, -0.1) is 0 Å². The molecule has 1 saturated heterocycles. The lowest BCUT2D eigenvalue weighted by molar-refractivity contribution is -0.137. The number of rotatable bonds is 4. The van der Waals surface area contributed by atoms with E-state index in [0.29, 0.717) is 48.8 Å². The van der Waals surface area contributed by atoms with Crippen LogP contribution in [-0.4, -0.2) is 43.5 Å². The third kappa shape index (κ3) is 4.71. The van der Waals surface area contributed by atoms with Gasteiger partial charge in [-0.1, -0.05) is 6.07 Å². The first-order valence-electron chi connectivity index (χ1n) is 9.13. The van der Waals surface area contributed by atoms with Crippen LogP contribution in [0.25, 0.3) is 0 Å². The van der Waals surface area contributed by atoms with Crippen molar-refractivity contribution in [2.45, 2.75) is 20.0 Å². The maximum absolute atomic E-state index is 12.9. The average Bonchev–Trinajstić information content (AvgIpc) is 2.94. The Morgan fingerprint density at radius 3 is 2.55 bits per heavy atom. The molecular formula is C20H21F3N4O2. The highest BCUT2D eigenvalue weighted by Crippen LogP contribution is 2.32. The van der Waals surface area contributed by atoms with Crippen LogP contribution in [0.1, 0.15) is 22.5 Å². The Balaban J connectivity index is 1.56. The number of halogens is 3. The van der Waals surface area contributed by atoms with E-state index >= 15 is 0 Å². The molecule has 29 heavy (non-hydrogen) atoms. The molecule has 0 atom stereocenters. The number of carbonyl (C=O) groups excluding carboxylic acids is 1. The molecule has 1 aromatic heterocycles. The second-order valence-corrected chi connectivity index (χ2v) is 6.96. The fourth-order valence-corrected chi connectivity index (χ4v) is 3.26. The summed E-state index contributed by atoms with van der Waals surface area (Å²) in [5.41, 5.74) is 0.848. The average molecular weight is 406 g/mol. The molecule has 0 spiro atoms. The third-order valence-electron chi connectivity index (χ3n) is 5.03. The number of anilines is 2. The van der Waals surface area contributed by atoms with Crippen molar-refractivity contribution >= 4 is 17.5 Å². The smallest absolute Gasteiger partial charge is 0.416 e. The highest BCUT2D eigenvalue weighted by molar-refractivity contribution is 5.92. The number of nitriles is 1. The molecule has 2 heterocycles. The summed E-state index contributed by atoms with van der Waals surface area (Å²) < 4.78 is 44.1. The molecule has 0 aliphatic carbocycles. The van der Waals surface area contributed by atoms with Gasteiger partial charge >= 0.3 is 6.18 Å². The molecule has 1 aliphatic heterocycles. The fourth-order valence-electron chi connectivity index (χ4n) is 3.26. The molecule has 0 saturated carbocycles. The predicted molar refractivity (Wildman–Crippen MR) is 102 cm³/mol. The standard InChI is InChI=1S/C20H21F3N4O2/c1-13-14(2)29-19(17(13)11-24)25-18(28)12-26-6-8-27(9-7-26)16-5-3-4-15(10-16)20(21,22)23/h3-5,10H,6-9,12H2,1-2H3,(H,25,28). The number of amides is 1. The Morgan fingerprint density at radius 2 is 1.93 bits per heavy atom. The minimum Gasteiger partial charge on any atom is -0.444 e. The Labute approximate surface area is 166 Å². The first-order valence-corrected chi connectivity index (χ1v) is 9.13. The largest absolute Gasteiger partial charge is 0.444 e. The normalized spacial score (nSPS) is 15.2. The number of nitrogens with zero attached hydrogens (tertiary/aromatic N) is 3. The van der Waals surface area contributed by atoms with Crippen molar-refractivity contribution in [3.63, 3.8) is 0 Å². The lowest BCUT2D eigenvalue weighted by Crippen LogP contribution is -2.48. The molecule has 0 unspecified atom stereocenters. The van der Waals surface area contributed by atoms with Crippen LogP contribution in [0.3, 0.4) is 0 Å². The second kappa shape index (κ2) is 8.17. The molecule has 3 rings (SSSR count). The van der Waals surface area contributed by atoms with E-state index in [0.717, 1.165) is 12.1 Å². The number of hydrogen-bond acceptors (Lipinski definition) is 5. The maximum Gasteiger partial charge on any atom is 0.416 e. The fraction of sp³-hybridized carbons (Fsp3) is 0.400.